The van der Waals surface area contributed by atoms with Crippen LogP contribution in [0.5, 0.6) is 0 Å². The van der Waals surface area contributed by atoms with Crippen LogP contribution in [0.2, 0.25) is 0 Å². The van der Waals surface area contributed by atoms with Gasteiger partial charge in [0.2, 0.25) is 0 Å². The Morgan fingerprint density at radius 3 is 2.50 bits per heavy atom. The van der Waals surface area contributed by atoms with Gasteiger partial charge in [0.15, 0.2) is 0 Å². The molecule has 6 heteroatoms. The second kappa shape index (κ2) is 7.55. The molecule has 2 aliphatic rings. The highest BCUT2D eigenvalue weighted by Gasteiger charge is 2.35. The molecule has 2 heterocycles. The number of alkyl carbamates (subject to hydrolysis) is 1. The number of hydrogen-bond acceptors (Lipinski definition) is 5. The maximum atomic E-state index is 11.8. The molecule has 2 fully saturated rings. The fraction of sp³-hybridized carbons (Fsp3) is 0.600. The van der Waals surface area contributed by atoms with Gasteiger partial charge < -0.3 is 15.0 Å². The number of rotatable bonds is 3. The summed E-state index contributed by atoms with van der Waals surface area (Å²) >= 11 is 0. The summed E-state index contributed by atoms with van der Waals surface area (Å²) in [5, 5.41) is 12.2. The van der Waals surface area contributed by atoms with E-state index in [2.05, 4.69) is 21.2 Å². The van der Waals surface area contributed by atoms with E-state index in [9.17, 15) is 10.1 Å². The maximum absolute atomic E-state index is 11.8. The zero-order valence-electron chi connectivity index (χ0n) is 15.9. The molecule has 3 rings (SSSR count). The summed E-state index contributed by atoms with van der Waals surface area (Å²) in [5.74, 6) is 0. The summed E-state index contributed by atoms with van der Waals surface area (Å²) in [6, 6.07) is 10.8. The first kappa shape index (κ1) is 18.5. The largest absolute Gasteiger partial charge is 0.444 e. The number of nitriles is 1. The fourth-order valence-electron chi connectivity index (χ4n) is 3.69. The van der Waals surface area contributed by atoms with Gasteiger partial charge in [-0.15, -0.1) is 0 Å². The van der Waals surface area contributed by atoms with Crippen molar-refractivity contribution in [2.75, 3.05) is 31.1 Å². The van der Waals surface area contributed by atoms with Crippen LogP contribution in [0.3, 0.4) is 0 Å². The van der Waals surface area contributed by atoms with Gasteiger partial charge in [0.05, 0.1) is 17.3 Å². The molecule has 0 aromatic heterocycles. The number of carbonyl (C=O) groups excluding carboxylic acids is 1. The third-order valence-corrected chi connectivity index (χ3v) is 4.98. The number of piperidine rings is 1. The maximum Gasteiger partial charge on any atom is 0.407 e. The Balaban J connectivity index is 1.43. The second-order valence-corrected chi connectivity index (χ2v) is 8.14. The van der Waals surface area contributed by atoms with Crippen LogP contribution in [0.15, 0.2) is 24.3 Å². The first-order chi connectivity index (χ1) is 12.4. The van der Waals surface area contributed by atoms with E-state index in [0.717, 1.165) is 50.3 Å². The van der Waals surface area contributed by atoms with Crippen molar-refractivity contribution in [3.05, 3.63) is 29.8 Å². The lowest BCUT2D eigenvalue weighted by molar-refractivity contribution is 0.0287. The topological polar surface area (TPSA) is 68.6 Å². The fourth-order valence-corrected chi connectivity index (χ4v) is 3.69. The minimum absolute atomic E-state index is 0.183. The van der Waals surface area contributed by atoms with Crippen LogP contribution in [-0.4, -0.2) is 54.9 Å². The van der Waals surface area contributed by atoms with Gasteiger partial charge in [-0.05, 0) is 45.7 Å². The average Bonchev–Trinajstić information content (AvgIpc) is 2.56. The predicted molar refractivity (Wildman–Crippen MR) is 101 cm³/mol. The molecule has 6 nitrogen and oxygen atoms in total. The summed E-state index contributed by atoms with van der Waals surface area (Å²) in [6.45, 7) is 9.32. The number of hydrogen-bond donors (Lipinski definition) is 1. The van der Waals surface area contributed by atoms with E-state index in [1.807, 2.05) is 45.0 Å². The van der Waals surface area contributed by atoms with Crippen LogP contribution >= 0.6 is 0 Å². The van der Waals surface area contributed by atoms with Crippen molar-refractivity contribution in [2.45, 2.75) is 51.3 Å². The SMILES string of the molecule is CC(C)(C)OC(=O)NC1CN(C2CCN(c3ccccc3C#N)CC2)C1. The molecule has 0 spiro atoms. The number of para-hydroxylation sites is 1. The number of anilines is 1. The Kier molecular flexibility index (Phi) is 5.38. The van der Waals surface area contributed by atoms with Gasteiger partial charge in [0.25, 0.3) is 0 Å². The zero-order valence-corrected chi connectivity index (χ0v) is 15.9. The van der Waals surface area contributed by atoms with Gasteiger partial charge in [-0.1, -0.05) is 12.1 Å². The van der Waals surface area contributed by atoms with Crippen molar-refractivity contribution in [3.8, 4) is 6.07 Å². The van der Waals surface area contributed by atoms with Crippen LogP contribution in [0.25, 0.3) is 0 Å². The third-order valence-electron chi connectivity index (χ3n) is 4.98. The highest BCUT2D eigenvalue weighted by molar-refractivity contribution is 5.68. The Bertz CT molecular complexity index is 678. The van der Waals surface area contributed by atoms with E-state index < -0.39 is 5.60 Å². The Hall–Kier alpha value is -2.26. The lowest BCUT2D eigenvalue weighted by Gasteiger charge is -2.47. The van der Waals surface area contributed by atoms with Gasteiger partial charge in [0.1, 0.15) is 11.7 Å². The first-order valence-electron chi connectivity index (χ1n) is 9.33. The van der Waals surface area contributed by atoms with Crippen LogP contribution in [0, 0.1) is 11.3 Å². The van der Waals surface area contributed by atoms with Gasteiger partial charge in [-0.25, -0.2) is 4.79 Å². The molecule has 0 unspecified atom stereocenters. The van der Waals surface area contributed by atoms with E-state index in [4.69, 9.17) is 4.74 Å². The van der Waals surface area contributed by atoms with Crippen molar-refractivity contribution in [2.24, 2.45) is 0 Å². The number of benzene rings is 1. The Labute approximate surface area is 155 Å². The van der Waals surface area contributed by atoms with Crippen molar-refractivity contribution < 1.29 is 9.53 Å². The second-order valence-electron chi connectivity index (χ2n) is 8.14. The van der Waals surface area contributed by atoms with E-state index in [-0.39, 0.29) is 12.1 Å². The summed E-state index contributed by atoms with van der Waals surface area (Å²) in [4.78, 5) is 16.6. The van der Waals surface area contributed by atoms with Crippen molar-refractivity contribution in [1.82, 2.24) is 10.2 Å². The number of amides is 1. The summed E-state index contributed by atoms with van der Waals surface area (Å²) in [6.07, 6.45) is 1.84. The van der Waals surface area contributed by atoms with Crippen molar-refractivity contribution in [3.63, 3.8) is 0 Å². The van der Waals surface area contributed by atoms with Gasteiger partial charge in [0, 0.05) is 32.2 Å². The lowest BCUT2D eigenvalue weighted by Crippen LogP contribution is -2.63. The minimum atomic E-state index is -0.458. The van der Waals surface area contributed by atoms with Crippen LogP contribution in [0.4, 0.5) is 10.5 Å². The molecule has 0 bridgehead atoms. The molecule has 1 aromatic rings. The summed E-state index contributed by atoms with van der Waals surface area (Å²) in [5.41, 5.74) is 1.33. The van der Waals surface area contributed by atoms with Gasteiger partial charge >= 0.3 is 6.09 Å². The quantitative estimate of drug-likeness (QED) is 0.902. The molecule has 1 aromatic carbocycles. The lowest BCUT2D eigenvalue weighted by atomic mass is 9.96. The number of likely N-dealkylation sites (tertiary alicyclic amines) is 1. The number of nitrogens with zero attached hydrogens (tertiary/aromatic N) is 3. The normalized spacial score (nSPS) is 19.5. The van der Waals surface area contributed by atoms with E-state index >= 15 is 0 Å². The summed E-state index contributed by atoms with van der Waals surface area (Å²) < 4.78 is 5.31. The Morgan fingerprint density at radius 1 is 1.23 bits per heavy atom. The molecule has 1 amide bonds. The molecule has 0 radical (unpaired) electrons. The highest BCUT2D eigenvalue weighted by Crippen LogP contribution is 2.27. The molecule has 1 N–H and O–H groups in total. The van der Waals surface area contributed by atoms with Crippen LogP contribution in [0.1, 0.15) is 39.2 Å². The molecule has 0 saturated carbocycles. The van der Waals surface area contributed by atoms with E-state index in [1.165, 1.54) is 0 Å². The monoisotopic (exact) mass is 356 g/mol. The van der Waals surface area contributed by atoms with E-state index in [1.54, 1.807) is 0 Å². The number of ether oxygens (including phenoxy) is 1. The predicted octanol–water partition coefficient (Wildman–Crippen LogP) is 2.74. The van der Waals surface area contributed by atoms with Gasteiger partial charge in [-0.2, -0.15) is 5.26 Å². The molecular weight excluding hydrogens is 328 g/mol. The molecular formula is C20H28N4O2. The number of nitrogens with one attached hydrogen (secondary N) is 1. The van der Waals surface area contributed by atoms with Crippen molar-refractivity contribution >= 4 is 11.8 Å². The van der Waals surface area contributed by atoms with Crippen LogP contribution < -0.4 is 10.2 Å². The highest BCUT2D eigenvalue weighted by atomic mass is 16.6. The minimum Gasteiger partial charge on any atom is -0.444 e. The zero-order chi connectivity index (χ0) is 18.7. The molecule has 0 atom stereocenters. The number of carbonyl (C=O) groups is 1. The van der Waals surface area contributed by atoms with Crippen LogP contribution in [-0.2, 0) is 4.74 Å². The molecule has 2 aliphatic heterocycles. The first-order valence-corrected chi connectivity index (χ1v) is 9.33. The third kappa shape index (κ3) is 4.47. The Morgan fingerprint density at radius 2 is 1.88 bits per heavy atom. The molecule has 0 aliphatic carbocycles. The molecule has 2 saturated heterocycles. The van der Waals surface area contributed by atoms with Gasteiger partial charge in [-0.3, -0.25) is 4.90 Å². The molecule has 140 valence electrons. The standard InChI is InChI=1S/C20H28N4O2/c1-20(2,3)26-19(25)22-16-13-24(14-16)17-8-10-23(11-9-17)18-7-5-4-6-15(18)12-21/h4-7,16-17H,8-11,13-14H2,1-3H3,(H,22,25). The molecule has 26 heavy (non-hydrogen) atoms. The average molecular weight is 356 g/mol. The van der Waals surface area contributed by atoms with Crippen molar-refractivity contribution in [1.29, 1.82) is 5.26 Å². The van der Waals surface area contributed by atoms with E-state index in [0.29, 0.717) is 6.04 Å². The smallest absolute Gasteiger partial charge is 0.407 e. The summed E-state index contributed by atoms with van der Waals surface area (Å²) in [7, 11) is 0.